The Balaban J connectivity index is 1.72. The van der Waals surface area contributed by atoms with Gasteiger partial charge in [-0.2, -0.15) is 0 Å². The van der Waals surface area contributed by atoms with Crippen molar-refractivity contribution < 1.29 is 19.5 Å². The summed E-state index contributed by atoms with van der Waals surface area (Å²) >= 11 is 1.39. The molecule has 1 aliphatic rings. The Labute approximate surface area is 127 Å². The van der Waals surface area contributed by atoms with Crippen LogP contribution in [-0.4, -0.2) is 40.8 Å². The molecule has 1 N–H and O–H groups in total. The molecule has 1 amide bonds. The van der Waals surface area contributed by atoms with Gasteiger partial charge in [0, 0.05) is 32.4 Å². The first kappa shape index (κ1) is 15.7. The molecule has 21 heavy (non-hydrogen) atoms. The highest BCUT2D eigenvalue weighted by Gasteiger charge is 2.24. The van der Waals surface area contributed by atoms with Crippen LogP contribution in [0.1, 0.15) is 41.8 Å². The molecular formula is C15H19NO4S. The van der Waals surface area contributed by atoms with Crippen LogP contribution in [0.15, 0.2) is 17.5 Å². The standard InChI is InChI=1S/C15H19NO4S/c17-12(13-2-1-9-21-13)3-4-14(18)16-7-5-11(6-8-16)10-15(19)20/h1-2,9,11H,3-8,10H2,(H,19,20). The molecule has 0 aliphatic carbocycles. The van der Waals surface area contributed by atoms with Gasteiger partial charge in [0.1, 0.15) is 0 Å². The number of hydrogen-bond acceptors (Lipinski definition) is 4. The van der Waals surface area contributed by atoms with Crippen LogP contribution in [0.5, 0.6) is 0 Å². The lowest BCUT2D eigenvalue weighted by Gasteiger charge is -2.31. The SMILES string of the molecule is O=C(O)CC1CCN(C(=O)CCC(=O)c2cccs2)CC1. The van der Waals surface area contributed by atoms with Gasteiger partial charge in [0.25, 0.3) is 0 Å². The number of carboxylic acids is 1. The lowest BCUT2D eigenvalue weighted by atomic mass is 9.93. The van der Waals surface area contributed by atoms with Gasteiger partial charge >= 0.3 is 5.97 Å². The van der Waals surface area contributed by atoms with Crippen molar-refractivity contribution in [1.82, 2.24) is 4.90 Å². The predicted octanol–water partition coefficient (Wildman–Crippen LogP) is 2.42. The number of thiophene rings is 1. The van der Waals surface area contributed by atoms with Crippen LogP contribution < -0.4 is 0 Å². The number of likely N-dealkylation sites (tertiary alicyclic amines) is 1. The summed E-state index contributed by atoms with van der Waals surface area (Å²) in [6.45, 7) is 1.20. The molecule has 1 fully saturated rings. The van der Waals surface area contributed by atoms with E-state index in [9.17, 15) is 14.4 Å². The van der Waals surface area contributed by atoms with E-state index in [0.29, 0.717) is 18.0 Å². The summed E-state index contributed by atoms with van der Waals surface area (Å²) in [5.74, 6) is -0.603. The normalized spacial score (nSPS) is 15.9. The highest BCUT2D eigenvalue weighted by molar-refractivity contribution is 7.12. The minimum absolute atomic E-state index is 0.00585. The van der Waals surface area contributed by atoms with Crippen molar-refractivity contribution >= 4 is 29.0 Å². The molecule has 1 aliphatic heterocycles. The Hall–Kier alpha value is -1.69. The highest BCUT2D eigenvalue weighted by atomic mass is 32.1. The topological polar surface area (TPSA) is 74.7 Å². The zero-order valence-corrected chi connectivity index (χ0v) is 12.6. The van der Waals surface area contributed by atoms with Crippen molar-refractivity contribution in [2.75, 3.05) is 13.1 Å². The number of aliphatic carboxylic acids is 1. The van der Waals surface area contributed by atoms with Crippen molar-refractivity contribution in [3.63, 3.8) is 0 Å². The smallest absolute Gasteiger partial charge is 0.303 e. The van der Waals surface area contributed by atoms with E-state index in [0.717, 1.165) is 12.8 Å². The summed E-state index contributed by atoms with van der Waals surface area (Å²) < 4.78 is 0. The van der Waals surface area contributed by atoms with Crippen LogP contribution >= 0.6 is 11.3 Å². The van der Waals surface area contributed by atoms with Crippen molar-refractivity contribution in [3.05, 3.63) is 22.4 Å². The van der Waals surface area contributed by atoms with E-state index in [2.05, 4.69) is 0 Å². The maximum absolute atomic E-state index is 12.1. The van der Waals surface area contributed by atoms with Gasteiger partial charge in [-0.3, -0.25) is 14.4 Å². The molecule has 2 rings (SSSR count). The molecule has 0 unspecified atom stereocenters. The Morgan fingerprint density at radius 2 is 1.95 bits per heavy atom. The second-order valence-corrected chi connectivity index (χ2v) is 6.27. The maximum atomic E-state index is 12.1. The van der Waals surface area contributed by atoms with Crippen LogP contribution in [0.2, 0.25) is 0 Å². The minimum atomic E-state index is -0.777. The average molecular weight is 309 g/mol. The average Bonchev–Trinajstić information content (AvgIpc) is 2.99. The van der Waals surface area contributed by atoms with E-state index in [-0.39, 0.29) is 36.9 Å². The summed E-state index contributed by atoms with van der Waals surface area (Å²) in [6, 6.07) is 3.60. The van der Waals surface area contributed by atoms with E-state index in [1.54, 1.807) is 11.0 Å². The molecule has 1 saturated heterocycles. The minimum Gasteiger partial charge on any atom is -0.481 e. The van der Waals surface area contributed by atoms with Gasteiger partial charge in [-0.15, -0.1) is 11.3 Å². The summed E-state index contributed by atoms with van der Waals surface area (Å²) in [6.07, 6.45) is 2.13. The molecule has 114 valence electrons. The van der Waals surface area contributed by atoms with Crippen LogP contribution in [-0.2, 0) is 9.59 Å². The largest absolute Gasteiger partial charge is 0.481 e. The zero-order chi connectivity index (χ0) is 15.2. The number of carboxylic acid groups (broad SMARTS) is 1. The molecule has 2 heterocycles. The molecule has 5 nitrogen and oxygen atoms in total. The first-order valence-corrected chi connectivity index (χ1v) is 8.00. The summed E-state index contributed by atoms with van der Waals surface area (Å²) in [7, 11) is 0. The second-order valence-electron chi connectivity index (χ2n) is 5.32. The van der Waals surface area contributed by atoms with Gasteiger partial charge in [0.05, 0.1) is 4.88 Å². The fourth-order valence-electron chi connectivity index (χ4n) is 2.57. The fraction of sp³-hybridized carbons (Fsp3) is 0.533. The Bertz CT molecular complexity index is 504. The highest BCUT2D eigenvalue weighted by Crippen LogP contribution is 2.21. The Morgan fingerprint density at radius 3 is 2.52 bits per heavy atom. The molecule has 1 aromatic rings. The van der Waals surface area contributed by atoms with Crippen molar-refractivity contribution in [2.45, 2.75) is 32.1 Å². The van der Waals surface area contributed by atoms with Gasteiger partial charge in [0.2, 0.25) is 5.91 Å². The first-order valence-electron chi connectivity index (χ1n) is 7.12. The molecule has 0 radical (unpaired) electrons. The van der Waals surface area contributed by atoms with Crippen LogP contribution in [0, 0.1) is 5.92 Å². The third-order valence-electron chi connectivity index (χ3n) is 3.79. The lowest BCUT2D eigenvalue weighted by molar-refractivity contribution is -0.138. The monoisotopic (exact) mass is 309 g/mol. The molecular weight excluding hydrogens is 290 g/mol. The predicted molar refractivity (Wildman–Crippen MR) is 79.4 cm³/mol. The first-order chi connectivity index (χ1) is 10.1. The number of nitrogens with zero attached hydrogens (tertiary/aromatic N) is 1. The van der Waals surface area contributed by atoms with Gasteiger partial charge in [-0.25, -0.2) is 0 Å². The molecule has 0 atom stereocenters. The van der Waals surface area contributed by atoms with E-state index >= 15 is 0 Å². The molecule has 0 saturated carbocycles. The van der Waals surface area contributed by atoms with E-state index in [4.69, 9.17) is 5.11 Å². The number of hydrogen-bond donors (Lipinski definition) is 1. The lowest BCUT2D eigenvalue weighted by Crippen LogP contribution is -2.39. The second kappa shape index (κ2) is 7.36. The summed E-state index contributed by atoms with van der Waals surface area (Å²) in [5.41, 5.74) is 0. The quantitative estimate of drug-likeness (QED) is 0.819. The number of carbonyl (C=O) groups is 3. The number of carbonyl (C=O) groups excluding carboxylic acids is 2. The molecule has 0 bridgehead atoms. The summed E-state index contributed by atoms with van der Waals surface area (Å²) in [4.78, 5) is 37.0. The van der Waals surface area contributed by atoms with Gasteiger partial charge in [-0.1, -0.05) is 6.07 Å². The third kappa shape index (κ3) is 4.67. The van der Waals surface area contributed by atoms with Crippen LogP contribution in [0.25, 0.3) is 0 Å². The van der Waals surface area contributed by atoms with E-state index in [1.807, 2.05) is 11.4 Å². The molecule has 1 aromatic heterocycles. The number of ketones is 1. The van der Waals surface area contributed by atoms with Crippen LogP contribution in [0.3, 0.4) is 0 Å². The number of amides is 1. The van der Waals surface area contributed by atoms with E-state index < -0.39 is 5.97 Å². The molecule has 0 spiro atoms. The Morgan fingerprint density at radius 1 is 1.24 bits per heavy atom. The Kier molecular flexibility index (Phi) is 5.50. The molecule has 6 heteroatoms. The van der Waals surface area contributed by atoms with Crippen LogP contribution in [0.4, 0.5) is 0 Å². The fourth-order valence-corrected chi connectivity index (χ4v) is 3.27. The number of piperidine rings is 1. The van der Waals surface area contributed by atoms with Gasteiger partial charge in [-0.05, 0) is 30.2 Å². The van der Waals surface area contributed by atoms with Gasteiger partial charge in [0.15, 0.2) is 5.78 Å². The summed E-state index contributed by atoms with van der Waals surface area (Å²) in [5, 5.41) is 10.6. The van der Waals surface area contributed by atoms with E-state index in [1.165, 1.54) is 11.3 Å². The van der Waals surface area contributed by atoms with Gasteiger partial charge < -0.3 is 10.0 Å². The molecule has 0 aromatic carbocycles. The van der Waals surface area contributed by atoms with Crippen molar-refractivity contribution in [2.24, 2.45) is 5.92 Å². The maximum Gasteiger partial charge on any atom is 0.303 e. The van der Waals surface area contributed by atoms with Crippen molar-refractivity contribution in [1.29, 1.82) is 0 Å². The number of rotatable bonds is 6. The third-order valence-corrected chi connectivity index (χ3v) is 4.70. The van der Waals surface area contributed by atoms with Crippen molar-refractivity contribution in [3.8, 4) is 0 Å². The number of Topliss-reactive ketones (excluding diaryl/α,β-unsaturated/α-hetero) is 1. The zero-order valence-electron chi connectivity index (χ0n) is 11.8.